The molecular formula is C44H48Si2. The van der Waals surface area contributed by atoms with Gasteiger partial charge in [-0.1, -0.05) is 102 Å². The zero-order chi connectivity index (χ0) is 31.8. The molecule has 0 atom stereocenters. The van der Waals surface area contributed by atoms with Crippen molar-refractivity contribution in [3.63, 3.8) is 0 Å². The van der Waals surface area contributed by atoms with E-state index in [2.05, 4.69) is 119 Å². The summed E-state index contributed by atoms with van der Waals surface area (Å²) >= 11 is 0. The molecule has 2 aromatic carbocycles. The van der Waals surface area contributed by atoms with E-state index in [1.165, 1.54) is 48.0 Å². The first-order valence-corrected chi connectivity index (χ1v) is 21.2. The van der Waals surface area contributed by atoms with Crippen molar-refractivity contribution in [1.29, 1.82) is 0 Å². The minimum Gasteiger partial charge on any atom is -0.0808 e. The molecule has 0 fully saturated rings. The Morgan fingerprint density at radius 3 is 1.54 bits per heavy atom. The second-order valence-electron chi connectivity index (χ2n) is 14.8. The van der Waals surface area contributed by atoms with E-state index in [1.54, 1.807) is 65.7 Å². The fraction of sp³-hybridized carbons (Fsp3) is 0.318. The van der Waals surface area contributed by atoms with Gasteiger partial charge < -0.3 is 0 Å². The number of allylic oxidation sites excluding steroid dienone is 18. The minimum atomic E-state index is -2.04. The summed E-state index contributed by atoms with van der Waals surface area (Å²) in [5.74, 6) is 0. The van der Waals surface area contributed by atoms with Crippen molar-refractivity contribution in [1.82, 2.24) is 0 Å². The largest absolute Gasteiger partial charge is 0.144 e. The molecule has 0 unspecified atom stereocenters. The first-order chi connectivity index (χ1) is 22.2. The average molecular weight is 633 g/mol. The highest BCUT2D eigenvalue weighted by Gasteiger charge is 2.41. The molecule has 0 saturated heterocycles. The molecule has 0 saturated carbocycles. The number of hydrogen-bond donors (Lipinski definition) is 0. The van der Waals surface area contributed by atoms with Gasteiger partial charge in [0.2, 0.25) is 0 Å². The molecule has 46 heavy (non-hydrogen) atoms. The molecule has 0 bridgehead atoms. The van der Waals surface area contributed by atoms with Crippen LogP contribution in [0.4, 0.5) is 0 Å². The fourth-order valence-corrected chi connectivity index (χ4v) is 15.7. The maximum Gasteiger partial charge on any atom is 0.144 e. The molecule has 0 aliphatic heterocycles. The van der Waals surface area contributed by atoms with Gasteiger partial charge in [-0.2, -0.15) is 0 Å². The molecule has 0 heterocycles. The third kappa shape index (κ3) is 4.22. The van der Waals surface area contributed by atoms with E-state index < -0.39 is 8.07 Å². The Kier molecular flexibility index (Phi) is 7.19. The van der Waals surface area contributed by atoms with E-state index in [-0.39, 0.29) is 5.04 Å². The third-order valence-corrected chi connectivity index (χ3v) is 18.9. The van der Waals surface area contributed by atoms with E-state index >= 15 is 0 Å². The van der Waals surface area contributed by atoms with E-state index in [4.69, 9.17) is 0 Å². The molecule has 0 spiro atoms. The van der Waals surface area contributed by atoms with E-state index in [1.807, 2.05) is 0 Å². The molecule has 232 valence electrons. The molecule has 0 nitrogen and oxygen atoms in total. The summed E-state index contributed by atoms with van der Waals surface area (Å²) in [6.07, 6.45) is 38.1. The minimum absolute atomic E-state index is 0.0360. The van der Waals surface area contributed by atoms with Crippen LogP contribution in [0.5, 0.6) is 0 Å². The molecule has 6 aliphatic rings. The summed E-state index contributed by atoms with van der Waals surface area (Å²) in [7, 11) is -0.965. The Hall–Kier alpha value is -3.47. The first kappa shape index (κ1) is 29.9. The van der Waals surface area contributed by atoms with Crippen LogP contribution >= 0.6 is 0 Å². The Labute approximate surface area is 280 Å². The maximum absolute atomic E-state index is 2.63. The topological polar surface area (TPSA) is 0 Å². The highest BCUT2D eigenvalue weighted by atomic mass is 28.3. The third-order valence-electron chi connectivity index (χ3n) is 12.5. The van der Waals surface area contributed by atoms with Crippen molar-refractivity contribution in [3.05, 3.63) is 157 Å². The van der Waals surface area contributed by atoms with Crippen LogP contribution in [0.3, 0.4) is 0 Å². The normalized spacial score (nSPS) is 21.4. The van der Waals surface area contributed by atoms with Crippen LogP contribution in [0.2, 0.25) is 6.55 Å². The van der Waals surface area contributed by atoms with Gasteiger partial charge >= 0.3 is 0 Å². The van der Waals surface area contributed by atoms with Gasteiger partial charge in [0.15, 0.2) is 0 Å². The predicted octanol–water partition coefficient (Wildman–Crippen LogP) is 9.19. The van der Waals surface area contributed by atoms with Crippen molar-refractivity contribution in [3.8, 4) is 0 Å². The van der Waals surface area contributed by atoms with Crippen LogP contribution in [0.15, 0.2) is 107 Å². The zero-order valence-electron chi connectivity index (χ0n) is 28.7. The quantitative estimate of drug-likeness (QED) is 0.279. The number of fused-ring (bicyclic) bond motifs is 2. The van der Waals surface area contributed by atoms with Crippen molar-refractivity contribution in [2.75, 3.05) is 0 Å². The van der Waals surface area contributed by atoms with Crippen molar-refractivity contribution in [2.24, 2.45) is 0 Å². The summed E-state index contributed by atoms with van der Waals surface area (Å²) in [4.78, 5) is 0. The fourth-order valence-electron chi connectivity index (χ4n) is 10.1. The molecule has 8 rings (SSSR count). The SMILES string of the molecule is Cc1cc(C([SiH3])(C2=CCC=C2)C2=CCC=C2)c(C)c2c1/C(=C1\CCc3c(C)c([Si](C)(C4=CCC=C4)C4=CCC=C4)cc(C)c31)CC2. The van der Waals surface area contributed by atoms with Gasteiger partial charge in [0.05, 0.1) is 0 Å². The zero-order valence-corrected chi connectivity index (χ0v) is 31.7. The Morgan fingerprint density at radius 2 is 1.07 bits per heavy atom. The van der Waals surface area contributed by atoms with Crippen LogP contribution in [-0.2, 0) is 17.9 Å². The molecule has 2 aromatic rings. The Balaban J connectivity index is 1.26. The lowest BCUT2D eigenvalue weighted by atomic mass is 9.78. The Bertz CT molecular complexity index is 1790. The van der Waals surface area contributed by atoms with Crippen LogP contribution in [-0.4, -0.2) is 18.3 Å². The van der Waals surface area contributed by atoms with Gasteiger partial charge in [-0.15, -0.1) is 0 Å². The average Bonchev–Trinajstić information content (AvgIpc) is 3.91. The highest BCUT2D eigenvalue weighted by Crippen LogP contribution is 2.51. The summed E-state index contributed by atoms with van der Waals surface area (Å²) in [6.45, 7) is 12.3. The van der Waals surface area contributed by atoms with Crippen molar-refractivity contribution >= 4 is 34.6 Å². The van der Waals surface area contributed by atoms with E-state index in [9.17, 15) is 0 Å². The van der Waals surface area contributed by atoms with Gasteiger partial charge in [-0.3, -0.25) is 0 Å². The number of hydrogen-bond acceptors (Lipinski definition) is 0. The van der Waals surface area contributed by atoms with Crippen LogP contribution < -0.4 is 5.19 Å². The van der Waals surface area contributed by atoms with Crippen molar-refractivity contribution < 1.29 is 0 Å². The van der Waals surface area contributed by atoms with E-state index in [0.29, 0.717) is 0 Å². The number of benzene rings is 2. The molecule has 0 radical (unpaired) electrons. The summed E-state index contributed by atoms with van der Waals surface area (Å²) in [5.41, 5.74) is 20.5. The maximum atomic E-state index is 2.63. The second-order valence-corrected chi connectivity index (χ2v) is 20.3. The summed E-state index contributed by atoms with van der Waals surface area (Å²) < 4.78 is 0. The van der Waals surface area contributed by atoms with Gasteiger partial charge in [-0.05, 0) is 157 Å². The lowest BCUT2D eigenvalue weighted by Crippen LogP contribution is -2.50. The Morgan fingerprint density at radius 1 is 0.587 bits per heavy atom. The van der Waals surface area contributed by atoms with E-state index in [0.717, 1.165) is 35.9 Å². The summed E-state index contributed by atoms with van der Waals surface area (Å²) in [5, 5.41) is 4.87. The van der Waals surface area contributed by atoms with Gasteiger partial charge in [-0.25, -0.2) is 0 Å². The standard InChI is InChI=1S/C44H48Si2/c1-28-26-40(44(45,32-14-6-7-15-32)33-16-8-9-17-33)30(3)36-22-24-38(42(28)36)39-25-23-37-31(4)41(27-29(2)43(37)39)46(5,34-18-10-11-19-34)35-20-12-13-21-35/h6,8,10,12,14-21,26-27H,7,9,11,13,22-25H2,1-5,45H3/b39-38+. The molecule has 0 aromatic heterocycles. The molecule has 0 amide bonds. The second kappa shape index (κ2) is 11.1. The first-order valence-electron chi connectivity index (χ1n) is 17.7. The highest BCUT2D eigenvalue weighted by molar-refractivity contribution is 7.03. The molecule has 0 N–H and O–H groups in total. The van der Waals surface area contributed by atoms with Gasteiger partial charge in [0, 0.05) is 15.3 Å². The molecule has 6 aliphatic carbocycles. The lowest BCUT2D eigenvalue weighted by molar-refractivity contribution is 0.858. The smallest absolute Gasteiger partial charge is 0.0808 e. The number of rotatable bonds is 6. The lowest BCUT2D eigenvalue weighted by Gasteiger charge is -2.35. The monoisotopic (exact) mass is 632 g/mol. The van der Waals surface area contributed by atoms with Crippen LogP contribution in [0.25, 0.3) is 11.1 Å². The number of aryl methyl sites for hydroxylation is 2. The van der Waals surface area contributed by atoms with Crippen LogP contribution in [0.1, 0.15) is 88.6 Å². The molecular weight excluding hydrogens is 585 g/mol. The summed E-state index contributed by atoms with van der Waals surface area (Å²) in [6, 6.07) is 5.23. The van der Waals surface area contributed by atoms with Crippen LogP contribution in [0, 0.1) is 27.7 Å². The van der Waals surface area contributed by atoms with Crippen molar-refractivity contribution in [2.45, 2.75) is 90.6 Å². The predicted molar refractivity (Wildman–Crippen MR) is 206 cm³/mol. The van der Waals surface area contributed by atoms with Gasteiger partial charge in [0.1, 0.15) is 8.07 Å². The van der Waals surface area contributed by atoms with Gasteiger partial charge in [0.25, 0.3) is 0 Å². The molecule has 2 heteroatoms.